The highest BCUT2D eigenvalue weighted by molar-refractivity contribution is 5.79. The van der Waals surface area contributed by atoms with Crippen LogP contribution in [0.25, 0.3) is 0 Å². The Kier molecular flexibility index (Phi) is 4.07. The van der Waals surface area contributed by atoms with Gasteiger partial charge in [-0.3, -0.25) is 4.79 Å². The Morgan fingerprint density at radius 3 is 2.83 bits per heavy atom. The van der Waals surface area contributed by atoms with Gasteiger partial charge in [0.15, 0.2) is 0 Å². The average Bonchev–Trinajstić information content (AvgIpc) is 3.20. The van der Waals surface area contributed by atoms with Crippen LogP contribution in [0.4, 0.5) is 0 Å². The Morgan fingerprint density at radius 1 is 1.26 bits per heavy atom. The van der Waals surface area contributed by atoms with Gasteiger partial charge in [0.05, 0.1) is 6.10 Å². The van der Waals surface area contributed by atoms with Crippen molar-refractivity contribution in [2.24, 2.45) is 11.8 Å². The summed E-state index contributed by atoms with van der Waals surface area (Å²) < 4.78 is 16.5. The van der Waals surface area contributed by atoms with E-state index < -0.39 is 0 Å². The maximum absolute atomic E-state index is 12.7. The largest absolute Gasteiger partial charge is 0.381 e. The van der Waals surface area contributed by atoms with Crippen LogP contribution in [0.15, 0.2) is 4.52 Å². The van der Waals surface area contributed by atoms with Gasteiger partial charge in [0, 0.05) is 45.1 Å². The highest BCUT2D eigenvalue weighted by Gasteiger charge is 2.43. The number of nitrogens with zero attached hydrogens (tertiary/aromatic N) is 3. The van der Waals surface area contributed by atoms with Crippen LogP contribution < -0.4 is 0 Å². The Morgan fingerprint density at radius 2 is 2.09 bits per heavy atom. The van der Waals surface area contributed by atoms with Crippen LogP contribution in [0.1, 0.15) is 43.5 Å². The van der Waals surface area contributed by atoms with E-state index in [2.05, 4.69) is 10.1 Å². The molecule has 0 bridgehead atoms. The van der Waals surface area contributed by atoms with E-state index in [1.165, 1.54) is 0 Å². The highest BCUT2D eigenvalue weighted by atomic mass is 16.5. The number of carbonyl (C=O) groups is 1. The summed E-state index contributed by atoms with van der Waals surface area (Å²) in [5, 5.41) is 3.98. The summed E-state index contributed by atoms with van der Waals surface area (Å²) in [5.41, 5.74) is 0. The molecule has 4 heterocycles. The van der Waals surface area contributed by atoms with Crippen molar-refractivity contribution in [2.75, 3.05) is 26.3 Å². The number of amides is 1. The maximum Gasteiger partial charge on any atom is 0.225 e. The number of hydrogen-bond acceptors (Lipinski definition) is 6. The second kappa shape index (κ2) is 6.20. The predicted molar refractivity (Wildman–Crippen MR) is 79.5 cm³/mol. The van der Waals surface area contributed by atoms with Gasteiger partial charge in [-0.15, -0.1) is 0 Å². The van der Waals surface area contributed by atoms with Gasteiger partial charge < -0.3 is 18.9 Å². The SMILES string of the molecule is Cc1nc([C@@H]2C[C@@H]3CN(C(=O)C4CCOCC4)CC[C@H]3O2)no1. The molecule has 1 aromatic rings. The van der Waals surface area contributed by atoms with Gasteiger partial charge in [0.1, 0.15) is 6.10 Å². The molecule has 7 heteroatoms. The second-order valence-corrected chi connectivity index (χ2v) is 6.79. The fourth-order valence-corrected chi connectivity index (χ4v) is 3.97. The molecular formula is C16H23N3O4. The summed E-state index contributed by atoms with van der Waals surface area (Å²) in [7, 11) is 0. The first kappa shape index (κ1) is 15.1. The van der Waals surface area contributed by atoms with E-state index in [0.29, 0.717) is 36.8 Å². The van der Waals surface area contributed by atoms with Crippen LogP contribution in [-0.2, 0) is 14.3 Å². The molecule has 0 aliphatic carbocycles. The van der Waals surface area contributed by atoms with Crippen LogP contribution in [-0.4, -0.2) is 53.4 Å². The standard InChI is InChI=1S/C16H23N3O4/c1-10-17-15(18-23-10)14-8-12-9-19(5-2-13(12)22-14)16(20)11-3-6-21-7-4-11/h11-14H,2-9H2,1H3/t12-,13-,14+/m1/s1. The molecule has 0 spiro atoms. The number of ether oxygens (including phenoxy) is 2. The van der Waals surface area contributed by atoms with Gasteiger partial charge in [-0.2, -0.15) is 4.98 Å². The summed E-state index contributed by atoms with van der Waals surface area (Å²) in [6, 6.07) is 0. The van der Waals surface area contributed by atoms with E-state index >= 15 is 0 Å². The number of fused-ring (bicyclic) bond motifs is 1. The fourth-order valence-electron chi connectivity index (χ4n) is 3.97. The first-order valence-electron chi connectivity index (χ1n) is 8.53. The third-order valence-corrected chi connectivity index (χ3v) is 5.23. The monoisotopic (exact) mass is 321 g/mol. The van der Waals surface area contributed by atoms with Crippen molar-refractivity contribution in [3.8, 4) is 0 Å². The minimum atomic E-state index is -0.0967. The van der Waals surface area contributed by atoms with Crippen LogP contribution in [0, 0.1) is 18.8 Å². The summed E-state index contributed by atoms with van der Waals surface area (Å²) >= 11 is 0. The molecule has 0 saturated carbocycles. The summed E-state index contributed by atoms with van der Waals surface area (Å²) in [6.45, 7) is 4.77. The van der Waals surface area contributed by atoms with Crippen molar-refractivity contribution in [3.05, 3.63) is 11.7 Å². The molecule has 4 rings (SSSR count). The van der Waals surface area contributed by atoms with Crippen molar-refractivity contribution >= 4 is 5.91 Å². The average molecular weight is 321 g/mol. The van der Waals surface area contributed by atoms with E-state index in [1.807, 2.05) is 4.90 Å². The minimum absolute atomic E-state index is 0.0967. The first-order valence-corrected chi connectivity index (χ1v) is 8.53. The summed E-state index contributed by atoms with van der Waals surface area (Å²) in [6.07, 6.45) is 3.57. The Bertz CT molecular complexity index is 569. The molecule has 3 aliphatic heterocycles. The van der Waals surface area contributed by atoms with E-state index in [4.69, 9.17) is 14.0 Å². The van der Waals surface area contributed by atoms with Gasteiger partial charge in [-0.25, -0.2) is 0 Å². The van der Waals surface area contributed by atoms with Crippen LogP contribution in [0.2, 0.25) is 0 Å². The lowest BCUT2D eigenvalue weighted by Crippen LogP contribution is -2.47. The number of piperidine rings is 1. The molecule has 23 heavy (non-hydrogen) atoms. The van der Waals surface area contributed by atoms with Crippen LogP contribution >= 0.6 is 0 Å². The Hall–Kier alpha value is -1.47. The van der Waals surface area contributed by atoms with Crippen LogP contribution in [0.3, 0.4) is 0 Å². The molecule has 0 N–H and O–H groups in total. The Labute approximate surface area is 135 Å². The lowest BCUT2D eigenvalue weighted by molar-refractivity contribution is -0.141. The highest BCUT2D eigenvalue weighted by Crippen LogP contribution is 2.40. The zero-order chi connectivity index (χ0) is 15.8. The third-order valence-electron chi connectivity index (χ3n) is 5.23. The van der Waals surface area contributed by atoms with Crippen LogP contribution in [0.5, 0.6) is 0 Å². The van der Waals surface area contributed by atoms with Crippen molar-refractivity contribution in [2.45, 2.75) is 44.8 Å². The molecule has 0 aromatic carbocycles. The molecule has 1 aromatic heterocycles. The molecular weight excluding hydrogens is 298 g/mol. The van der Waals surface area contributed by atoms with Gasteiger partial charge in [0.25, 0.3) is 0 Å². The molecule has 3 saturated heterocycles. The minimum Gasteiger partial charge on any atom is -0.381 e. The topological polar surface area (TPSA) is 77.7 Å². The Balaban J connectivity index is 1.38. The van der Waals surface area contributed by atoms with Gasteiger partial charge in [0.2, 0.25) is 17.6 Å². The predicted octanol–water partition coefficient (Wildman–Crippen LogP) is 1.48. The lowest BCUT2D eigenvalue weighted by Gasteiger charge is -2.36. The molecule has 0 unspecified atom stereocenters. The van der Waals surface area contributed by atoms with E-state index in [-0.39, 0.29) is 18.1 Å². The molecule has 7 nitrogen and oxygen atoms in total. The first-order chi connectivity index (χ1) is 11.2. The molecule has 0 radical (unpaired) electrons. The maximum atomic E-state index is 12.7. The number of aryl methyl sites for hydroxylation is 1. The van der Waals surface area contributed by atoms with Crippen molar-refractivity contribution in [1.82, 2.24) is 15.0 Å². The molecule has 126 valence electrons. The number of rotatable bonds is 2. The molecule has 1 amide bonds. The number of aromatic nitrogens is 2. The molecule has 3 aliphatic rings. The number of likely N-dealkylation sites (tertiary alicyclic amines) is 1. The van der Waals surface area contributed by atoms with E-state index in [0.717, 1.165) is 38.8 Å². The van der Waals surface area contributed by atoms with E-state index in [9.17, 15) is 4.79 Å². The second-order valence-electron chi connectivity index (χ2n) is 6.79. The van der Waals surface area contributed by atoms with Gasteiger partial charge in [-0.1, -0.05) is 5.16 Å². The van der Waals surface area contributed by atoms with E-state index in [1.54, 1.807) is 6.92 Å². The zero-order valence-corrected chi connectivity index (χ0v) is 13.4. The van der Waals surface area contributed by atoms with Gasteiger partial charge in [-0.05, 0) is 25.7 Å². The summed E-state index contributed by atoms with van der Waals surface area (Å²) in [5.74, 6) is 2.01. The third kappa shape index (κ3) is 2.99. The number of hydrogen-bond donors (Lipinski definition) is 0. The quantitative estimate of drug-likeness (QED) is 0.821. The smallest absolute Gasteiger partial charge is 0.225 e. The zero-order valence-electron chi connectivity index (χ0n) is 13.4. The fraction of sp³-hybridized carbons (Fsp3) is 0.812. The van der Waals surface area contributed by atoms with Crippen molar-refractivity contribution in [1.29, 1.82) is 0 Å². The normalized spacial score (nSPS) is 32.0. The summed E-state index contributed by atoms with van der Waals surface area (Å²) in [4.78, 5) is 19.0. The lowest BCUT2D eigenvalue weighted by atomic mass is 9.90. The van der Waals surface area contributed by atoms with Crippen molar-refractivity contribution < 1.29 is 18.8 Å². The molecule has 3 fully saturated rings. The number of carbonyl (C=O) groups excluding carboxylic acids is 1. The molecule has 3 atom stereocenters. The van der Waals surface area contributed by atoms with Gasteiger partial charge >= 0.3 is 0 Å². The van der Waals surface area contributed by atoms with Crippen molar-refractivity contribution in [3.63, 3.8) is 0 Å².